The molecule has 2 aliphatic rings. The van der Waals surface area contributed by atoms with Crippen LogP contribution in [0.5, 0.6) is 0 Å². The summed E-state index contributed by atoms with van der Waals surface area (Å²) in [4.78, 5) is 27.3. The maximum Gasteiger partial charge on any atom is 0.292 e. The van der Waals surface area contributed by atoms with E-state index < -0.39 is 11.9 Å². The number of hydrogen-bond acceptors (Lipinski definition) is 2. The number of imide groups is 1. The van der Waals surface area contributed by atoms with Crippen molar-refractivity contribution in [2.45, 2.75) is 18.9 Å². The molecule has 2 heterocycles. The third kappa shape index (κ3) is 3.40. The second-order valence-corrected chi connectivity index (χ2v) is 6.90. The van der Waals surface area contributed by atoms with Crippen molar-refractivity contribution in [3.8, 4) is 0 Å². The predicted molar refractivity (Wildman–Crippen MR) is 97.0 cm³/mol. The van der Waals surface area contributed by atoms with Crippen LogP contribution in [0.1, 0.15) is 18.4 Å². The third-order valence-corrected chi connectivity index (χ3v) is 5.25. The second-order valence-electron chi connectivity index (χ2n) is 6.90. The summed E-state index contributed by atoms with van der Waals surface area (Å²) in [6.45, 7) is 1.33. The number of carbonyl (C=O) groups is 2. The summed E-state index contributed by atoms with van der Waals surface area (Å²) in [5.74, 6) is -1.32. The van der Waals surface area contributed by atoms with Gasteiger partial charge in [0.15, 0.2) is 6.04 Å². The zero-order chi connectivity index (χ0) is 19.0. The lowest BCUT2D eigenvalue weighted by Crippen LogP contribution is -3.17. The SMILES string of the molecule is O=C1C[C@@H]([NH+]2CC=C(c3ccc(F)cc3)CC2)C(=O)N1c1cccc(F)c1. The van der Waals surface area contributed by atoms with Crippen LogP contribution in [0.4, 0.5) is 14.5 Å². The number of amides is 2. The number of carbonyl (C=O) groups excluding carboxylic acids is 2. The van der Waals surface area contributed by atoms with E-state index in [1.54, 1.807) is 18.2 Å². The van der Waals surface area contributed by atoms with Gasteiger partial charge in [-0.25, -0.2) is 13.7 Å². The highest BCUT2D eigenvalue weighted by Gasteiger charge is 2.46. The minimum atomic E-state index is -0.478. The molecule has 6 heteroatoms. The van der Waals surface area contributed by atoms with Gasteiger partial charge in [-0.3, -0.25) is 9.59 Å². The van der Waals surface area contributed by atoms with Gasteiger partial charge in [-0.05, 0) is 47.5 Å². The minimum absolute atomic E-state index is 0.129. The van der Waals surface area contributed by atoms with Crippen molar-refractivity contribution >= 4 is 23.1 Å². The van der Waals surface area contributed by atoms with Crippen LogP contribution in [-0.4, -0.2) is 30.9 Å². The van der Waals surface area contributed by atoms with Crippen molar-refractivity contribution in [1.82, 2.24) is 0 Å². The van der Waals surface area contributed by atoms with Gasteiger partial charge in [0.25, 0.3) is 5.91 Å². The molecule has 2 amide bonds. The first-order chi connectivity index (χ1) is 13.0. The summed E-state index contributed by atoms with van der Waals surface area (Å²) in [5.41, 5.74) is 2.38. The largest absolute Gasteiger partial charge is 0.321 e. The molecule has 0 aromatic heterocycles. The van der Waals surface area contributed by atoms with Crippen LogP contribution in [0.25, 0.3) is 5.57 Å². The lowest BCUT2D eigenvalue weighted by atomic mass is 9.98. The van der Waals surface area contributed by atoms with E-state index in [-0.39, 0.29) is 29.7 Å². The molecule has 0 radical (unpaired) electrons. The summed E-state index contributed by atoms with van der Waals surface area (Å²) < 4.78 is 26.6. The molecule has 2 aromatic rings. The minimum Gasteiger partial charge on any atom is -0.321 e. The molecule has 27 heavy (non-hydrogen) atoms. The quantitative estimate of drug-likeness (QED) is 0.841. The molecule has 0 spiro atoms. The zero-order valence-corrected chi connectivity index (χ0v) is 14.6. The molecule has 0 bridgehead atoms. The first-order valence-electron chi connectivity index (χ1n) is 8.95. The average Bonchev–Trinajstić information content (AvgIpc) is 2.97. The molecular weight excluding hydrogens is 350 g/mol. The van der Waals surface area contributed by atoms with Crippen molar-refractivity contribution < 1.29 is 23.3 Å². The molecular formula is C21H19F2N2O2+. The number of hydrogen-bond donors (Lipinski definition) is 1. The number of quaternary nitrogens is 1. The van der Waals surface area contributed by atoms with Gasteiger partial charge < -0.3 is 4.90 Å². The average molecular weight is 369 g/mol. The molecule has 1 N–H and O–H groups in total. The molecule has 4 rings (SSSR count). The number of benzene rings is 2. The van der Waals surface area contributed by atoms with Crippen LogP contribution in [-0.2, 0) is 9.59 Å². The highest BCUT2D eigenvalue weighted by molar-refractivity contribution is 6.21. The molecule has 2 atom stereocenters. The van der Waals surface area contributed by atoms with Crippen molar-refractivity contribution in [3.63, 3.8) is 0 Å². The summed E-state index contributed by atoms with van der Waals surface area (Å²) in [7, 11) is 0. The summed E-state index contributed by atoms with van der Waals surface area (Å²) in [6, 6.07) is 11.5. The van der Waals surface area contributed by atoms with E-state index in [4.69, 9.17) is 0 Å². The monoisotopic (exact) mass is 369 g/mol. The van der Waals surface area contributed by atoms with Crippen molar-refractivity contribution in [2.75, 3.05) is 18.0 Å². The fourth-order valence-electron chi connectivity index (χ4n) is 3.83. The molecule has 1 fully saturated rings. The maximum atomic E-state index is 13.5. The smallest absolute Gasteiger partial charge is 0.292 e. The lowest BCUT2D eigenvalue weighted by Gasteiger charge is -2.27. The van der Waals surface area contributed by atoms with Gasteiger partial charge in [-0.2, -0.15) is 0 Å². The molecule has 1 saturated heterocycles. The Labute approximate surface area is 155 Å². The van der Waals surface area contributed by atoms with Crippen LogP contribution in [0.15, 0.2) is 54.6 Å². The Bertz CT molecular complexity index is 924. The highest BCUT2D eigenvalue weighted by atomic mass is 19.1. The Morgan fingerprint density at radius 3 is 2.44 bits per heavy atom. The Balaban J connectivity index is 1.49. The van der Waals surface area contributed by atoms with Gasteiger partial charge in [0.1, 0.15) is 11.6 Å². The summed E-state index contributed by atoms with van der Waals surface area (Å²) >= 11 is 0. The van der Waals surface area contributed by atoms with Crippen molar-refractivity contribution in [2.24, 2.45) is 0 Å². The Hall–Kier alpha value is -2.86. The van der Waals surface area contributed by atoms with Crippen molar-refractivity contribution in [3.05, 3.63) is 71.8 Å². The number of halogens is 2. The van der Waals surface area contributed by atoms with Crippen LogP contribution >= 0.6 is 0 Å². The molecule has 4 nitrogen and oxygen atoms in total. The molecule has 2 aromatic carbocycles. The maximum absolute atomic E-state index is 13.5. The van der Waals surface area contributed by atoms with E-state index in [0.717, 1.165) is 27.4 Å². The number of anilines is 1. The zero-order valence-electron chi connectivity index (χ0n) is 14.6. The number of nitrogens with zero attached hydrogens (tertiary/aromatic N) is 1. The Morgan fingerprint density at radius 2 is 1.78 bits per heavy atom. The predicted octanol–water partition coefficient (Wildman–Crippen LogP) is 1.97. The van der Waals surface area contributed by atoms with E-state index in [1.165, 1.54) is 30.3 Å². The van der Waals surface area contributed by atoms with Gasteiger partial charge in [-0.15, -0.1) is 0 Å². The van der Waals surface area contributed by atoms with E-state index in [2.05, 4.69) is 6.08 Å². The molecule has 138 valence electrons. The first-order valence-corrected chi connectivity index (χ1v) is 8.95. The highest BCUT2D eigenvalue weighted by Crippen LogP contribution is 2.24. The topological polar surface area (TPSA) is 41.8 Å². The first kappa shape index (κ1) is 17.5. The van der Waals surface area contributed by atoms with Crippen LogP contribution < -0.4 is 9.80 Å². The van der Waals surface area contributed by atoms with E-state index in [9.17, 15) is 18.4 Å². The van der Waals surface area contributed by atoms with Crippen molar-refractivity contribution in [1.29, 1.82) is 0 Å². The summed E-state index contributed by atoms with van der Waals surface area (Å²) in [5, 5.41) is 0. The molecule has 0 saturated carbocycles. The fraction of sp³-hybridized carbons (Fsp3) is 0.238. The number of rotatable bonds is 3. The molecule has 0 aliphatic carbocycles. The lowest BCUT2D eigenvalue weighted by molar-refractivity contribution is -0.909. The van der Waals surface area contributed by atoms with Crippen LogP contribution in [0.3, 0.4) is 0 Å². The standard InChI is InChI=1S/C21H18F2N2O2/c22-16-6-4-14(5-7-16)15-8-10-24(11-9-15)19-13-20(26)25(21(19)27)18-3-1-2-17(23)12-18/h1-8,12,19H,9-11,13H2/p+1/t19-/m1/s1. The summed E-state index contributed by atoms with van der Waals surface area (Å²) in [6.07, 6.45) is 2.93. The third-order valence-electron chi connectivity index (χ3n) is 5.25. The molecule has 1 unspecified atom stereocenters. The van der Waals surface area contributed by atoms with E-state index in [1.807, 2.05) is 0 Å². The van der Waals surface area contributed by atoms with Gasteiger partial charge >= 0.3 is 0 Å². The van der Waals surface area contributed by atoms with Crippen LogP contribution in [0.2, 0.25) is 0 Å². The van der Waals surface area contributed by atoms with E-state index in [0.29, 0.717) is 13.1 Å². The second kappa shape index (κ2) is 7.04. The normalized spacial score (nSPS) is 22.9. The fourth-order valence-corrected chi connectivity index (χ4v) is 3.83. The Morgan fingerprint density at radius 1 is 1.00 bits per heavy atom. The van der Waals surface area contributed by atoms with Gasteiger partial charge in [0, 0.05) is 6.42 Å². The van der Waals surface area contributed by atoms with Crippen LogP contribution in [0, 0.1) is 11.6 Å². The Kier molecular flexibility index (Phi) is 4.58. The van der Waals surface area contributed by atoms with Gasteiger partial charge in [0.2, 0.25) is 5.91 Å². The number of nitrogens with one attached hydrogen (secondary N) is 1. The molecule has 2 aliphatic heterocycles. The van der Waals surface area contributed by atoms with Gasteiger partial charge in [-0.1, -0.05) is 18.2 Å². The van der Waals surface area contributed by atoms with Gasteiger partial charge in [0.05, 0.1) is 25.2 Å². The van der Waals surface area contributed by atoms with E-state index >= 15 is 0 Å².